The van der Waals surface area contributed by atoms with Crippen molar-refractivity contribution in [3.8, 4) is 11.5 Å². The number of anilines is 1. The monoisotopic (exact) mass is 431 g/mol. The number of aromatic nitrogens is 1. The molecule has 2 N–H and O–H groups in total. The van der Waals surface area contributed by atoms with Gasteiger partial charge in [-0.1, -0.05) is 56.4 Å². The molecule has 0 saturated heterocycles. The van der Waals surface area contributed by atoms with Gasteiger partial charge in [0.05, 0.1) is 5.69 Å². The number of aryl methyl sites for hydroxylation is 1. The smallest absolute Gasteiger partial charge is 0.319 e. The highest BCUT2D eigenvalue weighted by atomic mass is 16.5. The Morgan fingerprint density at radius 2 is 1.81 bits per heavy atom. The molecule has 166 valence electrons. The van der Waals surface area contributed by atoms with Crippen LogP contribution in [0.25, 0.3) is 10.8 Å². The standard InChI is InChI=1S/C26H29N3O3/c1-29-14-13-18(15-25(29)30)32-24-12-11-22(19-9-5-6-10-20(19)24)27-26(31)28-23-16-21(23)17-7-3-2-4-8-17/h5-6,9-15,17,21,23H,2-4,7-8,16H2,1H3,(H2,27,28,31). The van der Waals surface area contributed by atoms with Crippen LogP contribution in [0.5, 0.6) is 11.5 Å². The maximum Gasteiger partial charge on any atom is 0.319 e. The molecule has 5 rings (SSSR count). The summed E-state index contributed by atoms with van der Waals surface area (Å²) in [7, 11) is 1.70. The van der Waals surface area contributed by atoms with E-state index in [1.54, 1.807) is 19.3 Å². The summed E-state index contributed by atoms with van der Waals surface area (Å²) in [6.07, 6.45) is 9.42. The number of hydrogen-bond donors (Lipinski definition) is 2. The van der Waals surface area contributed by atoms with E-state index in [0.29, 0.717) is 23.5 Å². The first-order chi connectivity index (χ1) is 15.6. The van der Waals surface area contributed by atoms with E-state index in [2.05, 4.69) is 10.6 Å². The molecular formula is C26H29N3O3. The predicted octanol–water partition coefficient (Wildman–Crippen LogP) is 5.42. The van der Waals surface area contributed by atoms with E-state index in [-0.39, 0.29) is 11.6 Å². The molecule has 2 saturated carbocycles. The van der Waals surface area contributed by atoms with Crippen LogP contribution in [-0.4, -0.2) is 16.6 Å². The van der Waals surface area contributed by atoms with Crippen molar-refractivity contribution in [1.29, 1.82) is 0 Å². The topological polar surface area (TPSA) is 72.4 Å². The van der Waals surface area contributed by atoms with E-state index in [1.165, 1.54) is 42.7 Å². The second-order valence-electron chi connectivity index (χ2n) is 9.07. The molecule has 2 atom stereocenters. The number of nitrogens with zero attached hydrogens (tertiary/aromatic N) is 1. The third-order valence-corrected chi connectivity index (χ3v) is 6.85. The first-order valence-corrected chi connectivity index (χ1v) is 11.5. The highest BCUT2D eigenvalue weighted by Gasteiger charge is 2.43. The fraction of sp³-hybridized carbons (Fsp3) is 0.385. The number of pyridine rings is 1. The number of hydrogen-bond acceptors (Lipinski definition) is 3. The van der Waals surface area contributed by atoms with Crippen LogP contribution >= 0.6 is 0 Å². The maximum absolute atomic E-state index is 12.7. The fourth-order valence-corrected chi connectivity index (χ4v) is 4.98. The SMILES string of the molecule is Cn1ccc(Oc2ccc(NC(=O)NC3CC3C3CCCCC3)c3ccccc23)cc1=O. The van der Waals surface area contributed by atoms with Gasteiger partial charge in [0.15, 0.2) is 0 Å². The zero-order chi connectivity index (χ0) is 22.1. The molecule has 2 aliphatic carbocycles. The normalized spacial score (nSPS) is 20.7. The number of carbonyl (C=O) groups excluding carboxylic acids is 1. The zero-order valence-electron chi connectivity index (χ0n) is 18.3. The third kappa shape index (κ3) is 4.35. The Hall–Kier alpha value is -3.28. The second-order valence-corrected chi connectivity index (χ2v) is 9.07. The molecule has 1 heterocycles. The molecule has 0 radical (unpaired) electrons. The molecule has 0 spiro atoms. The Morgan fingerprint density at radius 3 is 2.59 bits per heavy atom. The number of urea groups is 1. The summed E-state index contributed by atoms with van der Waals surface area (Å²) in [6.45, 7) is 0. The van der Waals surface area contributed by atoms with Crippen molar-refractivity contribution < 1.29 is 9.53 Å². The van der Waals surface area contributed by atoms with E-state index in [0.717, 1.165) is 28.8 Å². The summed E-state index contributed by atoms with van der Waals surface area (Å²) >= 11 is 0. The first-order valence-electron chi connectivity index (χ1n) is 11.5. The number of amides is 2. The van der Waals surface area contributed by atoms with Crippen LogP contribution in [0.15, 0.2) is 59.5 Å². The number of benzene rings is 2. The lowest BCUT2D eigenvalue weighted by molar-refractivity contribution is 0.249. The van der Waals surface area contributed by atoms with Crippen molar-refractivity contribution in [2.75, 3.05) is 5.32 Å². The van der Waals surface area contributed by atoms with Crippen molar-refractivity contribution in [2.24, 2.45) is 18.9 Å². The van der Waals surface area contributed by atoms with Crippen molar-refractivity contribution >= 4 is 22.5 Å². The highest BCUT2D eigenvalue weighted by Crippen LogP contribution is 2.44. The molecular weight excluding hydrogens is 402 g/mol. The predicted molar refractivity (Wildman–Crippen MR) is 126 cm³/mol. The van der Waals surface area contributed by atoms with Crippen molar-refractivity contribution in [3.05, 3.63) is 65.1 Å². The summed E-state index contributed by atoms with van der Waals surface area (Å²) in [5.74, 6) is 2.55. The molecule has 2 aromatic carbocycles. The molecule has 32 heavy (non-hydrogen) atoms. The van der Waals surface area contributed by atoms with Gasteiger partial charge < -0.3 is 19.9 Å². The van der Waals surface area contributed by atoms with Gasteiger partial charge in [-0.05, 0) is 36.5 Å². The molecule has 2 amide bonds. The van der Waals surface area contributed by atoms with E-state index < -0.39 is 0 Å². The number of fused-ring (bicyclic) bond motifs is 1. The molecule has 1 aromatic heterocycles. The minimum Gasteiger partial charge on any atom is -0.456 e. The van der Waals surface area contributed by atoms with E-state index in [9.17, 15) is 9.59 Å². The maximum atomic E-state index is 12.7. The number of ether oxygens (including phenoxy) is 1. The summed E-state index contributed by atoms with van der Waals surface area (Å²) in [5, 5.41) is 7.96. The van der Waals surface area contributed by atoms with Crippen LogP contribution in [-0.2, 0) is 7.05 Å². The lowest BCUT2D eigenvalue weighted by Gasteiger charge is -2.21. The van der Waals surface area contributed by atoms with Crippen LogP contribution in [0, 0.1) is 11.8 Å². The molecule has 6 heteroatoms. The van der Waals surface area contributed by atoms with E-state index >= 15 is 0 Å². The molecule has 6 nitrogen and oxygen atoms in total. The van der Waals surface area contributed by atoms with Gasteiger partial charge in [-0.3, -0.25) is 4.79 Å². The van der Waals surface area contributed by atoms with Gasteiger partial charge in [0.25, 0.3) is 5.56 Å². The van der Waals surface area contributed by atoms with Gasteiger partial charge in [-0.15, -0.1) is 0 Å². The van der Waals surface area contributed by atoms with Crippen LogP contribution in [0.3, 0.4) is 0 Å². The molecule has 0 aliphatic heterocycles. The molecule has 0 bridgehead atoms. The lowest BCUT2D eigenvalue weighted by Crippen LogP contribution is -2.32. The van der Waals surface area contributed by atoms with Crippen LogP contribution < -0.4 is 20.9 Å². The second kappa shape index (κ2) is 8.69. The number of rotatable bonds is 5. The van der Waals surface area contributed by atoms with Crippen LogP contribution in [0.2, 0.25) is 0 Å². The quantitative estimate of drug-likeness (QED) is 0.566. The summed E-state index contributed by atoms with van der Waals surface area (Å²) < 4.78 is 7.50. The molecule has 3 aromatic rings. The van der Waals surface area contributed by atoms with Crippen LogP contribution in [0.4, 0.5) is 10.5 Å². The first kappa shape index (κ1) is 20.6. The van der Waals surface area contributed by atoms with Crippen molar-refractivity contribution in [2.45, 2.75) is 44.6 Å². The Morgan fingerprint density at radius 1 is 1.03 bits per heavy atom. The van der Waals surface area contributed by atoms with Gasteiger partial charge in [0.2, 0.25) is 0 Å². The Kier molecular flexibility index (Phi) is 5.60. The molecule has 2 unspecified atom stereocenters. The van der Waals surface area contributed by atoms with Gasteiger partial charge >= 0.3 is 6.03 Å². The number of nitrogens with one attached hydrogen (secondary N) is 2. The van der Waals surface area contributed by atoms with Gasteiger partial charge in [-0.25, -0.2) is 4.79 Å². The summed E-state index contributed by atoms with van der Waals surface area (Å²) in [5.41, 5.74) is 0.609. The van der Waals surface area contributed by atoms with Crippen LogP contribution in [0.1, 0.15) is 38.5 Å². The van der Waals surface area contributed by atoms with Gasteiger partial charge in [0, 0.05) is 36.1 Å². The Bertz CT molecular complexity index is 1200. The van der Waals surface area contributed by atoms with Crippen molar-refractivity contribution in [1.82, 2.24) is 9.88 Å². The Labute approximate surface area is 187 Å². The highest BCUT2D eigenvalue weighted by molar-refractivity contribution is 6.04. The molecule has 2 aliphatic rings. The average Bonchev–Trinajstić information content (AvgIpc) is 3.57. The van der Waals surface area contributed by atoms with E-state index in [4.69, 9.17) is 4.74 Å². The third-order valence-electron chi connectivity index (χ3n) is 6.85. The number of carbonyl (C=O) groups is 1. The summed E-state index contributed by atoms with van der Waals surface area (Å²) in [6, 6.07) is 14.8. The average molecular weight is 432 g/mol. The lowest BCUT2D eigenvalue weighted by atomic mass is 9.85. The van der Waals surface area contributed by atoms with Gasteiger partial charge in [0.1, 0.15) is 11.5 Å². The minimum absolute atomic E-state index is 0.131. The Balaban J connectivity index is 1.29. The fourth-order valence-electron chi connectivity index (χ4n) is 4.98. The summed E-state index contributed by atoms with van der Waals surface area (Å²) in [4.78, 5) is 24.6. The van der Waals surface area contributed by atoms with Crippen molar-refractivity contribution in [3.63, 3.8) is 0 Å². The molecule has 2 fully saturated rings. The largest absolute Gasteiger partial charge is 0.456 e. The van der Waals surface area contributed by atoms with Gasteiger partial charge in [-0.2, -0.15) is 0 Å². The zero-order valence-corrected chi connectivity index (χ0v) is 18.3. The minimum atomic E-state index is -0.154. The van der Waals surface area contributed by atoms with E-state index in [1.807, 2.05) is 36.4 Å².